The molecule has 0 spiro atoms. The molecule has 0 rings (SSSR count). The molecule has 0 aliphatic heterocycles. The normalized spacial score (nSPS) is 12.8. The Bertz CT molecular complexity index is 227. The molecule has 0 heterocycles. The second kappa shape index (κ2) is 4.73. The molecule has 0 saturated heterocycles. The molecule has 0 atom stereocenters. The number of halogens is 1. The van der Waals surface area contributed by atoms with Gasteiger partial charge in [0.2, 0.25) is 0 Å². The second-order valence-electron chi connectivity index (χ2n) is 1.83. The molecule has 0 aromatic carbocycles. The molecule has 0 radical (unpaired) electrons. The van der Waals surface area contributed by atoms with Gasteiger partial charge in [0.15, 0.2) is 6.29 Å². The Morgan fingerprint density at radius 1 is 1.36 bits per heavy atom. The van der Waals surface area contributed by atoms with E-state index in [4.69, 9.17) is 11.5 Å². The molecule has 4 heteroatoms. The minimum Gasteiger partial charge on any atom is -0.399 e. The molecule has 0 unspecified atom stereocenters. The van der Waals surface area contributed by atoms with Crippen molar-refractivity contribution in [3.8, 4) is 0 Å². The van der Waals surface area contributed by atoms with Gasteiger partial charge in [-0.25, -0.2) is 0 Å². The number of rotatable bonds is 3. The van der Waals surface area contributed by atoms with Crippen molar-refractivity contribution in [3.63, 3.8) is 0 Å². The predicted octanol–water partition coefficient (Wildman–Crippen LogP) is 0.779. The topological polar surface area (TPSA) is 69.1 Å². The highest BCUT2D eigenvalue weighted by Crippen LogP contribution is 2.04. The summed E-state index contributed by atoms with van der Waals surface area (Å²) in [6.45, 7) is 3.42. The largest absolute Gasteiger partial charge is 0.399 e. The van der Waals surface area contributed by atoms with Crippen LogP contribution < -0.4 is 11.5 Å². The fraction of sp³-hybridized carbons (Fsp3) is 0. The minimum atomic E-state index is 0.282. The van der Waals surface area contributed by atoms with Gasteiger partial charge in [0.1, 0.15) is 0 Å². The van der Waals surface area contributed by atoms with Crippen LogP contribution in [0.25, 0.3) is 0 Å². The lowest BCUT2D eigenvalue weighted by atomic mass is 10.3. The monoisotopic (exact) mass is 216 g/mol. The summed E-state index contributed by atoms with van der Waals surface area (Å²) in [5, 5.41) is 0. The third-order valence-corrected chi connectivity index (χ3v) is 1.34. The Morgan fingerprint density at radius 2 is 1.91 bits per heavy atom. The molecular weight excluding hydrogens is 208 g/mol. The second-order valence-corrected chi connectivity index (χ2v) is 2.68. The van der Waals surface area contributed by atoms with Crippen LogP contribution >= 0.6 is 15.9 Å². The molecular formula is C7H9BrN2O. The molecule has 0 fully saturated rings. The fourth-order valence-electron chi connectivity index (χ4n) is 0.372. The molecule has 11 heavy (non-hydrogen) atoms. The van der Waals surface area contributed by atoms with E-state index >= 15 is 0 Å². The first-order valence-corrected chi connectivity index (χ1v) is 3.60. The number of aldehydes is 1. The molecule has 0 saturated carbocycles. The molecule has 60 valence electrons. The van der Waals surface area contributed by atoms with Gasteiger partial charge < -0.3 is 11.5 Å². The van der Waals surface area contributed by atoms with Crippen molar-refractivity contribution in [2.75, 3.05) is 0 Å². The average Bonchev–Trinajstić information content (AvgIpc) is 1.87. The number of carbonyl (C=O) groups is 1. The zero-order valence-electron chi connectivity index (χ0n) is 5.88. The van der Waals surface area contributed by atoms with E-state index in [0.29, 0.717) is 17.6 Å². The number of hydrogen-bond donors (Lipinski definition) is 2. The molecule has 4 N–H and O–H groups in total. The van der Waals surface area contributed by atoms with Crippen molar-refractivity contribution in [2.45, 2.75) is 0 Å². The average molecular weight is 217 g/mol. The Labute approximate surface area is 73.6 Å². The molecule has 0 aromatic heterocycles. The maximum absolute atomic E-state index is 10.3. The van der Waals surface area contributed by atoms with Crippen LogP contribution in [-0.4, -0.2) is 6.29 Å². The quantitative estimate of drug-likeness (QED) is 0.317. The highest BCUT2D eigenvalue weighted by Gasteiger charge is 1.92. The third kappa shape index (κ3) is 4.38. The van der Waals surface area contributed by atoms with E-state index in [-0.39, 0.29) is 4.61 Å². The molecule has 3 nitrogen and oxygen atoms in total. The van der Waals surface area contributed by atoms with Crippen molar-refractivity contribution >= 4 is 22.2 Å². The van der Waals surface area contributed by atoms with Gasteiger partial charge in [-0.3, -0.25) is 4.79 Å². The zero-order valence-corrected chi connectivity index (χ0v) is 7.47. The first kappa shape index (κ1) is 9.97. The number of nitrogens with two attached hydrogens (primary N) is 2. The van der Waals surface area contributed by atoms with Crippen molar-refractivity contribution < 1.29 is 4.79 Å². The van der Waals surface area contributed by atoms with E-state index in [1.54, 1.807) is 0 Å². The Balaban J connectivity index is 4.46. The van der Waals surface area contributed by atoms with Crippen LogP contribution in [0.1, 0.15) is 0 Å². The van der Waals surface area contributed by atoms with Gasteiger partial charge in [-0.1, -0.05) is 6.58 Å². The number of carbonyl (C=O) groups excluding carboxylic acids is 1. The standard InChI is InChI=1S/C7H9BrN2O/c1-5(9)2-3-6(4-11)7(8)10/h2-4H,1,9-10H2/b3-2-,7-6+. The number of hydrogen-bond acceptors (Lipinski definition) is 3. The van der Waals surface area contributed by atoms with E-state index in [1.807, 2.05) is 0 Å². The van der Waals surface area contributed by atoms with Crippen LogP contribution in [-0.2, 0) is 4.79 Å². The van der Waals surface area contributed by atoms with E-state index in [1.165, 1.54) is 12.2 Å². The van der Waals surface area contributed by atoms with Crippen LogP contribution in [0.3, 0.4) is 0 Å². The Kier molecular flexibility index (Phi) is 4.29. The lowest BCUT2D eigenvalue weighted by Gasteiger charge is -1.91. The van der Waals surface area contributed by atoms with Crippen LogP contribution in [0.5, 0.6) is 0 Å². The van der Waals surface area contributed by atoms with Crippen LogP contribution in [0.15, 0.2) is 34.6 Å². The van der Waals surface area contributed by atoms with Crippen LogP contribution in [0.4, 0.5) is 0 Å². The predicted molar refractivity (Wildman–Crippen MR) is 48.7 cm³/mol. The summed E-state index contributed by atoms with van der Waals surface area (Å²) in [6, 6.07) is 0. The molecule has 0 bridgehead atoms. The van der Waals surface area contributed by atoms with E-state index in [0.717, 1.165) is 0 Å². The summed E-state index contributed by atoms with van der Waals surface area (Å²) >= 11 is 2.96. The van der Waals surface area contributed by atoms with Crippen molar-refractivity contribution in [1.29, 1.82) is 0 Å². The first-order chi connectivity index (χ1) is 5.07. The van der Waals surface area contributed by atoms with E-state index in [2.05, 4.69) is 22.5 Å². The smallest absolute Gasteiger partial charge is 0.152 e. The molecule has 0 aliphatic carbocycles. The van der Waals surface area contributed by atoms with Gasteiger partial charge in [0.05, 0.1) is 4.61 Å². The van der Waals surface area contributed by atoms with Crippen molar-refractivity contribution in [2.24, 2.45) is 11.5 Å². The van der Waals surface area contributed by atoms with Crippen molar-refractivity contribution in [1.82, 2.24) is 0 Å². The highest BCUT2D eigenvalue weighted by atomic mass is 79.9. The van der Waals surface area contributed by atoms with Gasteiger partial charge >= 0.3 is 0 Å². The summed E-state index contributed by atoms with van der Waals surface area (Å²) in [5.41, 5.74) is 11.2. The third-order valence-electron chi connectivity index (χ3n) is 0.880. The van der Waals surface area contributed by atoms with Gasteiger partial charge in [-0.2, -0.15) is 0 Å². The van der Waals surface area contributed by atoms with Gasteiger partial charge in [0.25, 0.3) is 0 Å². The first-order valence-electron chi connectivity index (χ1n) is 2.80. The summed E-state index contributed by atoms with van der Waals surface area (Å²) in [7, 11) is 0. The van der Waals surface area contributed by atoms with Gasteiger partial charge in [-0.05, 0) is 28.1 Å². The molecule has 0 aliphatic rings. The maximum atomic E-state index is 10.3. The SMILES string of the molecule is C=C(N)/C=C\C(C=O)=C(/N)Br. The fourth-order valence-corrected chi connectivity index (χ4v) is 0.598. The minimum absolute atomic E-state index is 0.282. The Hall–Kier alpha value is -1.03. The van der Waals surface area contributed by atoms with E-state index in [9.17, 15) is 4.79 Å². The zero-order chi connectivity index (χ0) is 8.85. The summed E-state index contributed by atoms with van der Waals surface area (Å²) in [5.74, 6) is 0. The summed E-state index contributed by atoms with van der Waals surface area (Å²) in [4.78, 5) is 10.3. The van der Waals surface area contributed by atoms with Crippen LogP contribution in [0, 0.1) is 0 Å². The van der Waals surface area contributed by atoms with Crippen LogP contribution in [0.2, 0.25) is 0 Å². The Morgan fingerprint density at radius 3 is 2.18 bits per heavy atom. The summed E-state index contributed by atoms with van der Waals surface area (Å²) in [6.07, 6.45) is 3.61. The number of allylic oxidation sites excluding steroid dienone is 3. The van der Waals surface area contributed by atoms with Gasteiger partial charge in [-0.15, -0.1) is 0 Å². The van der Waals surface area contributed by atoms with Gasteiger partial charge in [0, 0.05) is 11.3 Å². The lowest BCUT2D eigenvalue weighted by molar-refractivity contribution is -0.104. The lowest BCUT2D eigenvalue weighted by Crippen LogP contribution is -1.95. The van der Waals surface area contributed by atoms with Crippen molar-refractivity contribution in [3.05, 3.63) is 34.6 Å². The molecule has 0 aromatic rings. The molecule has 0 amide bonds. The highest BCUT2D eigenvalue weighted by molar-refractivity contribution is 9.11. The van der Waals surface area contributed by atoms with E-state index < -0.39 is 0 Å². The maximum Gasteiger partial charge on any atom is 0.152 e. The summed E-state index contributed by atoms with van der Waals surface area (Å²) < 4.78 is 0.282.